The molecule has 1 saturated heterocycles. The molecule has 2 unspecified atom stereocenters. The number of aliphatic hydroxyl groups is 1. The van der Waals surface area contributed by atoms with Gasteiger partial charge in [-0.25, -0.2) is 0 Å². The average Bonchev–Trinajstić information content (AvgIpc) is 3.19. The van der Waals surface area contributed by atoms with Gasteiger partial charge in [0.25, 0.3) is 0 Å². The molecular weight excluding hydrogens is 731 g/mol. The van der Waals surface area contributed by atoms with E-state index >= 15 is 0 Å². The van der Waals surface area contributed by atoms with Crippen LogP contribution in [0.15, 0.2) is 0 Å². The van der Waals surface area contributed by atoms with Gasteiger partial charge in [-0.3, -0.25) is 13.2 Å². The van der Waals surface area contributed by atoms with Crippen LogP contribution in [0, 0.1) is 5.92 Å². The van der Waals surface area contributed by atoms with E-state index in [1.165, 1.54) is 154 Å². The molecule has 1 N–H and O–H groups in total. The Bertz CT molecular complexity index is 831. The molecule has 7 nitrogen and oxygen atoms in total. The lowest BCUT2D eigenvalue weighted by atomic mass is 9.94. The van der Waals surface area contributed by atoms with Crippen LogP contribution in [-0.2, 0) is 22.6 Å². The van der Waals surface area contributed by atoms with E-state index in [1.807, 2.05) is 0 Å². The first-order chi connectivity index (χ1) is 27.9. The number of hydrogen-bond acceptors (Lipinski definition) is 7. The number of rotatable bonds is 34. The number of carbonyl (C=O) groups is 1. The summed E-state index contributed by atoms with van der Waals surface area (Å²) in [6.07, 6.45) is 46.5. The molecule has 0 bridgehead atoms. The largest absolute Gasteiger partial charge is 0.465 e. The Labute approximate surface area is 357 Å². The minimum atomic E-state index is -1.61. The summed E-state index contributed by atoms with van der Waals surface area (Å²) >= 11 is 0. The quantitative estimate of drug-likeness (QED) is 0.0511. The molecule has 342 valence electrons. The smallest absolute Gasteiger partial charge is 0.308 e. The molecule has 1 rings (SSSR count). The van der Waals surface area contributed by atoms with Crippen molar-refractivity contribution in [2.45, 2.75) is 245 Å². The van der Waals surface area contributed by atoms with Gasteiger partial charge in [0.2, 0.25) is 0 Å². The third-order valence-corrected chi connectivity index (χ3v) is 13.3. The lowest BCUT2D eigenvalue weighted by Gasteiger charge is -2.38. The van der Waals surface area contributed by atoms with E-state index in [2.05, 4.69) is 31.3 Å². The van der Waals surface area contributed by atoms with E-state index in [4.69, 9.17) is 17.8 Å². The van der Waals surface area contributed by atoms with Crippen molar-refractivity contribution < 1.29 is 27.7 Å². The Kier molecular flexibility index (Phi) is 39.3. The van der Waals surface area contributed by atoms with Gasteiger partial charge in [0.15, 0.2) is 6.29 Å². The van der Waals surface area contributed by atoms with E-state index in [9.17, 15) is 9.90 Å². The SMILES string of the molecule is CCCCCCCCC(CCCCCC)C(=O)OCCCCCCN(CCCCO)CCCCCCOS(C)(C)OC1CCCCCCCCCCCCCCO1. The van der Waals surface area contributed by atoms with Crippen molar-refractivity contribution in [3.63, 3.8) is 0 Å². The summed E-state index contributed by atoms with van der Waals surface area (Å²) in [6, 6.07) is 0. The fraction of sp³-hybridized carbons (Fsp3) is 0.980. The summed E-state index contributed by atoms with van der Waals surface area (Å²) in [5.41, 5.74) is 0. The predicted octanol–water partition coefficient (Wildman–Crippen LogP) is 14.4. The van der Waals surface area contributed by atoms with Crippen molar-refractivity contribution in [3.05, 3.63) is 0 Å². The summed E-state index contributed by atoms with van der Waals surface area (Å²) in [5, 5.41) is 9.36. The third kappa shape index (κ3) is 36.0. The zero-order valence-corrected chi connectivity index (χ0v) is 39.5. The summed E-state index contributed by atoms with van der Waals surface area (Å²) in [5.74, 6) is 0.158. The highest BCUT2D eigenvalue weighted by molar-refractivity contribution is 8.24. The zero-order chi connectivity index (χ0) is 41.3. The second-order valence-corrected chi connectivity index (χ2v) is 20.5. The summed E-state index contributed by atoms with van der Waals surface area (Å²) in [4.78, 5) is 15.6. The zero-order valence-electron chi connectivity index (χ0n) is 38.7. The maximum absolute atomic E-state index is 13.0. The van der Waals surface area contributed by atoms with Gasteiger partial charge in [0.1, 0.15) is 0 Å². The predicted molar refractivity (Wildman–Crippen MR) is 247 cm³/mol. The molecule has 0 spiro atoms. The number of hydrogen-bond donors (Lipinski definition) is 1. The van der Waals surface area contributed by atoms with Crippen LogP contribution in [-0.4, -0.2) is 80.8 Å². The van der Waals surface area contributed by atoms with E-state index in [0.717, 1.165) is 103 Å². The fourth-order valence-electron chi connectivity index (χ4n) is 8.12. The molecule has 1 fully saturated rings. The Morgan fingerprint density at radius 3 is 1.63 bits per heavy atom. The molecule has 1 aliphatic heterocycles. The summed E-state index contributed by atoms with van der Waals surface area (Å²) in [7, 11) is -1.61. The monoisotopic (exact) mass is 830 g/mol. The second kappa shape index (κ2) is 41.0. The second-order valence-electron chi connectivity index (χ2n) is 17.8. The Morgan fingerprint density at radius 1 is 0.596 bits per heavy atom. The van der Waals surface area contributed by atoms with Crippen LogP contribution in [0.4, 0.5) is 0 Å². The van der Waals surface area contributed by atoms with Gasteiger partial charge in [-0.15, -0.1) is 0 Å². The van der Waals surface area contributed by atoms with Gasteiger partial charge in [-0.05, 0) is 83.8 Å². The highest BCUT2D eigenvalue weighted by Crippen LogP contribution is 2.45. The number of unbranched alkanes of at least 4 members (excludes halogenated alkanes) is 15. The van der Waals surface area contributed by atoms with Gasteiger partial charge >= 0.3 is 5.97 Å². The van der Waals surface area contributed by atoms with Crippen molar-refractivity contribution >= 4 is 16.6 Å². The minimum Gasteiger partial charge on any atom is -0.465 e. The van der Waals surface area contributed by atoms with Gasteiger partial charge < -0.3 is 19.5 Å². The molecular formula is C49H99NO6S. The van der Waals surface area contributed by atoms with Gasteiger partial charge in [-0.1, -0.05) is 168 Å². The molecule has 0 saturated carbocycles. The first-order valence-corrected chi connectivity index (χ1v) is 27.4. The van der Waals surface area contributed by atoms with Crippen LogP contribution in [0.1, 0.15) is 239 Å². The standard InChI is InChI=1S/C49H99NO6S/c1-5-7-9-11-20-28-38-47(37-27-10-8-6-2)49(52)54-45-35-25-22-30-40-50(42-32-33-43-51)41-31-23-26-36-46-55-57(3,4)56-48-39-29-21-18-16-14-12-13-15-17-19-24-34-44-53-48/h47-48,51H,5-46H2,1-4H3. The van der Waals surface area contributed by atoms with Crippen molar-refractivity contribution in [2.24, 2.45) is 5.92 Å². The van der Waals surface area contributed by atoms with Crippen LogP contribution >= 0.6 is 10.6 Å². The summed E-state index contributed by atoms with van der Waals surface area (Å²) < 4.78 is 25.0. The highest BCUT2D eigenvalue weighted by atomic mass is 32.3. The van der Waals surface area contributed by atoms with Crippen LogP contribution in [0.2, 0.25) is 0 Å². The van der Waals surface area contributed by atoms with Crippen molar-refractivity contribution in [3.8, 4) is 0 Å². The van der Waals surface area contributed by atoms with Crippen molar-refractivity contribution in [1.82, 2.24) is 4.90 Å². The molecule has 0 aromatic carbocycles. The molecule has 1 aliphatic rings. The van der Waals surface area contributed by atoms with E-state index < -0.39 is 10.6 Å². The third-order valence-electron chi connectivity index (χ3n) is 11.9. The first-order valence-electron chi connectivity index (χ1n) is 25.1. The van der Waals surface area contributed by atoms with Crippen LogP contribution in [0.5, 0.6) is 0 Å². The molecule has 0 radical (unpaired) electrons. The Morgan fingerprint density at radius 2 is 1.05 bits per heavy atom. The van der Waals surface area contributed by atoms with Gasteiger partial charge in [0, 0.05) is 32.1 Å². The van der Waals surface area contributed by atoms with Crippen molar-refractivity contribution in [2.75, 3.05) is 58.6 Å². The number of carbonyl (C=O) groups excluding carboxylic acids is 1. The minimum absolute atomic E-state index is 0.0621. The Balaban J connectivity index is 2.30. The maximum atomic E-state index is 13.0. The van der Waals surface area contributed by atoms with Gasteiger partial charge in [-0.2, -0.15) is 10.6 Å². The van der Waals surface area contributed by atoms with Crippen molar-refractivity contribution in [1.29, 1.82) is 0 Å². The molecule has 0 aromatic rings. The average molecular weight is 830 g/mol. The Hall–Kier alpha value is -0.380. The molecule has 1 heterocycles. The first kappa shape index (κ1) is 54.6. The molecule has 0 aromatic heterocycles. The fourth-order valence-corrected chi connectivity index (χ4v) is 9.37. The van der Waals surface area contributed by atoms with E-state index in [1.54, 1.807) is 0 Å². The van der Waals surface area contributed by atoms with E-state index in [-0.39, 0.29) is 24.8 Å². The maximum Gasteiger partial charge on any atom is 0.308 e. The van der Waals surface area contributed by atoms with Crippen LogP contribution in [0.25, 0.3) is 0 Å². The lowest BCUT2D eigenvalue weighted by molar-refractivity contribution is -0.149. The van der Waals surface area contributed by atoms with Crippen LogP contribution < -0.4 is 0 Å². The normalized spacial score (nSPS) is 17.8. The highest BCUT2D eigenvalue weighted by Gasteiger charge is 2.20. The summed E-state index contributed by atoms with van der Waals surface area (Å²) in [6.45, 7) is 10.2. The molecule has 57 heavy (non-hydrogen) atoms. The van der Waals surface area contributed by atoms with Gasteiger partial charge in [0.05, 0.1) is 19.1 Å². The molecule has 2 atom stereocenters. The topological polar surface area (TPSA) is 77.5 Å². The number of ether oxygens (including phenoxy) is 2. The molecule has 0 amide bonds. The number of aliphatic hydroxyl groups excluding tert-OH is 1. The number of nitrogens with zero attached hydrogens (tertiary/aromatic N) is 1. The van der Waals surface area contributed by atoms with E-state index in [0.29, 0.717) is 6.61 Å². The lowest BCUT2D eigenvalue weighted by Crippen LogP contribution is -2.27. The van der Waals surface area contributed by atoms with Crippen LogP contribution in [0.3, 0.4) is 0 Å². The molecule has 0 aliphatic carbocycles. The molecule has 8 heteroatoms. The number of esters is 1.